The number of nitrogens with two attached hydrogens (primary N) is 1. The fourth-order valence-corrected chi connectivity index (χ4v) is 2.40. The first-order valence-corrected chi connectivity index (χ1v) is 6.44. The van der Waals surface area contributed by atoms with Crippen LogP contribution in [-0.4, -0.2) is 24.2 Å². The van der Waals surface area contributed by atoms with E-state index >= 15 is 0 Å². The van der Waals surface area contributed by atoms with E-state index in [2.05, 4.69) is 5.43 Å². The van der Waals surface area contributed by atoms with Gasteiger partial charge in [0.05, 0.1) is 31.2 Å². The topological polar surface area (TPSA) is 86.7 Å². The van der Waals surface area contributed by atoms with Gasteiger partial charge in [-0.1, -0.05) is 0 Å². The van der Waals surface area contributed by atoms with Crippen molar-refractivity contribution >= 4 is 5.91 Å². The lowest BCUT2D eigenvalue weighted by molar-refractivity contribution is -0.106. The summed E-state index contributed by atoms with van der Waals surface area (Å²) in [6.45, 7) is 4.41. The normalized spacial score (nSPS) is 27.2. The van der Waals surface area contributed by atoms with Crippen LogP contribution in [0.15, 0.2) is 16.7 Å². The van der Waals surface area contributed by atoms with Crippen LogP contribution in [0, 0.1) is 0 Å². The SMILES string of the molecule is CC1CC(OCc2ccoc2C(=O)NN)CC(C)O1. The van der Waals surface area contributed by atoms with Gasteiger partial charge in [0, 0.05) is 5.56 Å². The first-order valence-electron chi connectivity index (χ1n) is 6.44. The molecule has 1 amide bonds. The number of nitrogen functional groups attached to an aromatic ring is 1. The molecule has 2 atom stereocenters. The molecule has 0 radical (unpaired) electrons. The van der Waals surface area contributed by atoms with Crippen LogP contribution in [0.3, 0.4) is 0 Å². The zero-order valence-electron chi connectivity index (χ0n) is 11.2. The first kappa shape index (κ1) is 14.0. The van der Waals surface area contributed by atoms with Gasteiger partial charge in [-0.2, -0.15) is 0 Å². The summed E-state index contributed by atoms with van der Waals surface area (Å²) in [7, 11) is 0. The molecule has 1 aromatic heterocycles. The van der Waals surface area contributed by atoms with Crippen LogP contribution < -0.4 is 11.3 Å². The molecule has 0 bridgehead atoms. The van der Waals surface area contributed by atoms with Gasteiger partial charge < -0.3 is 13.9 Å². The number of nitrogens with one attached hydrogen (secondary N) is 1. The predicted octanol–water partition coefficient (Wildman–Crippen LogP) is 1.36. The molecule has 1 aliphatic heterocycles. The Balaban J connectivity index is 1.92. The van der Waals surface area contributed by atoms with Crippen molar-refractivity contribution in [2.75, 3.05) is 0 Å². The Hall–Kier alpha value is -1.37. The summed E-state index contributed by atoms with van der Waals surface area (Å²) in [6.07, 6.45) is 3.72. The molecule has 1 saturated heterocycles. The molecule has 6 nitrogen and oxygen atoms in total. The molecule has 2 heterocycles. The third-order valence-corrected chi connectivity index (χ3v) is 3.21. The van der Waals surface area contributed by atoms with Crippen molar-refractivity contribution in [1.82, 2.24) is 5.43 Å². The van der Waals surface area contributed by atoms with Crippen LogP contribution in [0.5, 0.6) is 0 Å². The number of hydrazine groups is 1. The number of hydrogen-bond acceptors (Lipinski definition) is 5. The van der Waals surface area contributed by atoms with Crippen molar-refractivity contribution in [3.05, 3.63) is 23.7 Å². The van der Waals surface area contributed by atoms with Gasteiger partial charge in [0.2, 0.25) is 0 Å². The maximum atomic E-state index is 11.4. The number of carbonyl (C=O) groups is 1. The second-order valence-corrected chi connectivity index (χ2v) is 4.91. The standard InChI is InChI=1S/C13H20N2O4/c1-8-5-11(6-9(2)19-8)18-7-10-3-4-17-12(10)13(16)15-14/h3-4,8-9,11H,5-7,14H2,1-2H3,(H,15,16). The number of amides is 1. The highest BCUT2D eigenvalue weighted by atomic mass is 16.5. The Labute approximate surface area is 112 Å². The van der Waals surface area contributed by atoms with E-state index in [1.807, 2.05) is 13.8 Å². The van der Waals surface area contributed by atoms with Crippen LogP contribution in [0.25, 0.3) is 0 Å². The van der Waals surface area contributed by atoms with E-state index < -0.39 is 5.91 Å². The monoisotopic (exact) mass is 268 g/mol. The van der Waals surface area contributed by atoms with E-state index in [4.69, 9.17) is 19.7 Å². The average Bonchev–Trinajstić information content (AvgIpc) is 2.82. The van der Waals surface area contributed by atoms with E-state index in [9.17, 15) is 4.79 Å². The molecule has 0 aromatic carbocycles. The highest BCUT2D eigenvalue weighted by molar-refractivity contribution is 5.92. The lowest BCUT2D eigenvalue weighted by atomic mass is 10.0. The van der Waals surface area contributed by atoms with Crippen LogP contribution in [0.2, 0.25) is 0 Å². The molecule has 1 aliphatic rings. The Morgan fingerprint density at radius 3 is 2.79 bits per heavy atom. The van der Waals surface area contributed by atoms with Crippen LogP contribution in [-0.2, 0) is 16.1 Å². The van der Waals surface area contributed by atoms with Gasteiger partial charge in [0.1, 0.15) is 0 Å². The number of ether oxygens (including phenoxy) is 2. The summed E-state index contributed by atoms with van der Waals surface area (Å²) in [4.78, 5) is 11.4. The van der Waals surface area contributed by atoms with Crippen LogP contribution in [0.4, 0.5) is 0 Å². The summed E-state index contributed by atoms with van der Waals surface area (Å²) in [5.74, 6) is 4.85. The average molecular weight is 268 g/mol. The fourth-order valence-electron chi connectivity index (χ4n) is 2.40. The minimum atomic E-state index is -0.447. The van der Waals surface area contributed by atoms with Gasteiger partial charge in [-0.3, -0.25) is 10.2 Å². The first-order chi connectivity index (χ1) is 9.10. The molecule has 0 spiro atoms. The van der Waals surface area contributed by atoms with E-state index in [-0.39, 0.29) is 24.1 Å². The van der Waals surface area contributed by atoms with Gasteiger partial charge in [-0.15, -0.1) is 0 Å². The molecule has 2 rings (SSSR count). The number of carbonyl (C=O) groups excluding carboxylic acids is 1. The fraction of sp³-hybridized carbons (Fsp3) is 0.615. The van der Waals surface area contributed by atoms with Crippen molar-refractivity contribution in [2.24, 2.45) is 5.84 Å². The molecular weight excluding hydrogens is 248 g/mol. The zero-order valence-corrected chi connectivity index (χ0v) is 11.2. The van der Waals surface area contributed by atoms with E-state index in [1.54, 1.807) is 6.07 Å². The minimum absolute atomic E-state index is 0.141. The Morgan fingerprint density at radius 2 is 2.16 bits per heavy atom. The van der Waals surface area contributed by atoms with Crippen molar-refractivity contribution in [2.45, 2.75) is 51.6 Å². The van der Waals surface area contributed by atoms with E-state index in [1.165, 1.54) is 6.26 Å². The predicted molar refractivity (Wildman–Crippen MR) is 68.2 cm³/mol. The Kier molecular flexibility index (Phi) is 4.57. The molecule has 2 unspecified atom stereocenters. The number of furan rings is 1. The smallest absolute Gasteiger partial charge is 0.301 e. The van der Waals surface area contributed by atoms with Gasteiger partial charge in [0.15, 0.2) is 5.76 Å². The zero-order chi connectivity index (χ0) is 13.8. The summed E-state index contributed by atoms with van der Waals surface area (Å²) < 4.78 is 16.6. The second-order valence-electron chi connectivity index (χ2n) is 4.91. The highest BCUT2D eigenvalue weighted by Crippen LogP contribution is 2.23. The van der Waals surface area contributed by atoms with E-state index in [0.29, 0.717) is 12.2 Å². The maximum Gasteiger partial charge on any atom is 0.301 e. The van der Waals surface area contributed by atoms with Crippen LogP contribution in [0.1, 0.15) is 42.8 Å². The molecule has 3 N–H and O–H groups in total. The summed E-state index contributed by atoms with van der Waals surface area (Å²) >= 11 is 0. The lowest BCUT2D eigenvalue weighted by Gasteiger charge is -2.31. The van der Waals surface area contributed by atoms with Gasteiger partial charge in [0.25, 0.3) is 0 Å². The third kappa shape index (κ3) is 3.56. The number of rotatable bonds is 4. The third-order valence-electron chi connectivity index (χ3n) is 3.21. The summed E-state index contributed by atoms with van der Waals surface area (Å²) in [5.41, 5.74) is 2.76. The summed E-state index contributed by atoms with van der Waals surface area (Å²) in [6, 6.07) is 1.72. The highest BCUT2D eigenvalue weighted by Gasteiger charge is 2.25. The molecule has 1 aromatic rings. The van der Waals surface area contributed by atoms with Crippen molar-refractivity contribution < 1.29 is 18.7 Å². The Bertz CT molecular complexity index is 422. The van der Waals surface area contributed by atoms with Crippen molar-refractivity contribution in [1.29, 1.82) is 0 Å². The molecular formula is C13H20N2O4. The second kappa shape index (κ2) is 6.18. The molecule has 1 fully saturated rings. The van der Waals surface area contributed by atoms with Crippen molar-refractivity contribution in [3.63, 3.8) is 0 Å². The molecule has 6 heteroatoms. The number of hydrogen-bond donors (Lipinski definition) is 2. The molecule has 0 aliphatic carbocycles. The van der Waals surface area contributed by atoms with Gasteiger partial charge in [-0.05, 0) is 32.8 Å². The Morgan fingerprint density at radius 1 is 1.47 bits per heavy atom. The van der Waals surface area contributed by atoms with Gasteiger partial charge in [-0.25, -0.2) is 5.84 Å². The largest absolute Gasteiger partial charge is 0.459 e. The van der Waals surface area contributed by atoms with Crippen molar-refractivity contribution in [3.8, 4) is 0 Å². The maximum absolute atomic E-state index is 11.4. The van der Waals surface area contributed by atoms with E-state index in [0.717, 1.165) is 12.8 Å². The summed E-state index contributed by atoms with van der Waals surface area (Å²) in [5, 5.41) is 0. The van der Waals surface area contributed by atoms with Crippen LogP contribution >= 0.6 is 0 Å². The quantitative estimate of drug-likeness (QED) is 0.489. The van der Waals surface area contributed by atoms with Gasteiger partial charge >= 0.3 is 5.91 Å². The molecule has 19 heavy (non-hydrogen) atoms. The lowest BCUT2D eigenvalue weighted by Crippen LogP contribution is -2.34. The minimum Gasteiger partial charge on any atom is -0.459 e. The molecule has 106 valence electrons. The molecule has 0 saturated carbocycles.